The van der Waals surface area contributed by atoms with Crippen LogP contribution >= 0.6 is 27.5 Å². The summed E-state index contributed by atoms with van der Waals surface area (Å²) in [7, 11) is 1.20. The number of benzene rings is 1. The summed E-state index contributed by atoms with van der Waals surface area (Å²) in [6.45, 7) is 1.60. The van der Waals surface area contributed by atoms with Crippen molar-refractivity contribution in [3.05, 3.63) is 55.4 Å². The first-order valence-corrected chi connectivity index (χ1v) is 6.75. The first-order chi connectivity index (χ1) is 9.43. The molecule has 0 N–H and O–H groups in total. The fourth-order valence-corrected chi connectivity index (χ4v) is 2.02. The molecule has 5 nitrogen and oxygen atoms in total. The summed E-state index contributed by atoms with van der Waals surface area (Å²) in [5.41, 5.74) is 0.314. The first-order valence-electron chi connectivity index (χ1n) is 5.58. The van der Waals surface area contributed by atoms with Gasteiger partial charge in [-0.25, -0.2) is 9.48 Å². The highest BCUT2D eigenvalue weighted by atomic mass is 79.9. The molecule has 2 aromatic rings. The number of aryl methyl sites for hydroxylation is 1. The number of esters is 1. The molecule has 0 bridgehead atoms. The molecule has 1 aromatic heterocycles. The fraction of sp³-hybridized carbons (Fsp3) is 0.154. The number of hydrogen-bond donors (Lipinski definition) is 0. The van der Waals surface area contributed by atoms with Gasteiger partial charge in [-0.05, 0) is 41.1 Å². The SMILES string of the molecule is COC(=O)c1nn(-c2ccc(Br)c(Cl)c2)cc(C)c1=O. The van der Waals surface area contributed by atoms with Gasteiger partial charge in [-0.2, -0.15) is 5.10 Å². The van der Waals surface area contributed by atoms with Gasteiger partial charge >= 0.3 is 5.97 Å². The molecule has 0 spiro atoms. The van der Waals surface area contributed by atoms with Crippen LogP contribution < -0.4 is 5.43 Å². The molecule has 0 aliphatic carbocycles. The number of carbonyl (C=O) groups is 1. The van der Waals surface area contributed by atoms with Crippen LogP contribution in [0.3, 0.4) is 0 Å². The molecule has 2 rings (SSSR count). The number of aromatic nitrogens is 2. The van der Waals surface area contributed by atoms with Gasteiger partial charge in [0, 0.05) is 16.2 Å². The summed E-state index contributed by atoms with van der Waals surface area (Å²) >= 11 is 9.31. The van der Waals surface area contributed by atoms with E-state index in [-0.39, 0.29) is 5.69 Å². The summed E-state index contributed by atoms with van der Waals surface area (Å²) < 4.78 is 6.72. The highest BCUT2D eigenvalue weighted by Gasteiger charge is 2.16. The van der Waals surface area contributed by atoms with Gasteiger partial charge in [0.15, 0.2) is 0 Å². The minimum atomic E-state index is -0.768. The van der Waals surface area contributed by atoms with Crippen molar-refractivity contribution in [2.75, 3.05) is 7.11 Å². The molecule has 0 fully saturated rings. The van der Waals surface area contributed by atoms with Gasteiger partial charge in [-0.1, -0.05) is 11.6 Å². The predicted molar refractivity (Wildman–Crippen MR) is 78.6 cm³/mol. The van der Waals surface area contributed by atoms with Gasteiger partial charge < -0.3 is 4.74 Å². The predicted octanol–water partition coefficient (Wildman–Crippen LogP) is 2.74. The molecule has 104 valence electrons. The quantitative estimate of drug-likeness (QED) is 0.775. The smallest absolute Gasteiger partial charge is 0.362 e. The molecule has 1 heterocycles. The number of halogens is 2. The maximum absolute atomic E-state index is 11.9. The van der Waals surface area contributed by atoms with Crippen molar-refractivity contribution < 1.29 is 9.53 Å². The zero-order valence-corrected chi connectivity index (χ0v) is 13.0. The molecule has 7 heteroatoms. The van der Waals surface area contributed by atoms with E-state index in [0.29, 0.717) is 16.3 Å². The molecule has 0 amide bonds. The average molecular weight is 358 g/mol. The van der Waals surface area contributed by atoms with Crippen LogP contribution in [0.15, 0.2) is 33.7 Å². The van der Waals surface area contributed by atoms with E-state index in [9.17, 15) is 9.59 Å². The molecule has 1 aromatic carbocycles. The Morgan fingerprint density at radius 2 is 2.15 bits per heavy atom. The monoisotopic (exact) mass is 356 g/mol. The van der Waals surface area contributed by atoms with Crippen molar-refractivity contribution in [1.82, 2.24) is 9.78 Å². The van der Waals surface area contributed by atoms with Crippen LogP contribution in [0.4, 0.5) is 0 Å². The lowest BCUT2D eigenvalue weighted by Gasteiger charge is -2.09. The Morgan fingerprint density at radius 3 is 2.75 bits per heavy atom. The minimum Gasteiger partial charge on any atom is -0.464 e. The first kappa shape index (κ1) is 14.7. The molecular weight excluding hydrogens is 348 g/mol. The number of ether oxygens (including phenoxy) is 1. The van der Waals surface area contributed by atoms with Gasteiger partial charge in [0.25, 0.3) is 0 Å². The zero-order chi connectivity index (χ0) is 14.9. The average Bonchev–Trinajstić information content (AvgIpc) is 2.44. The van der Waals surface area contributed by atoms with Crippen LogP contribution in [0.2, 0.25) is 5.02 Å². The van der Waals surface area contributed by atoms with Crippen LogP contribution in [0, 0.1) is 6.92 Å². The topological polar surface area (TPSA) is 61.2 Å². The van der Waals surface area contributed by atoms with Gasteiger partial charge in [0.1, 0.15) is 0 Å². The van der Waals surface area contributed by atoms with Crippen LogP contribution in [0.5, 0.6) is 0 Å². The minimum absolute atomic E-state index is 0.258. The molecular formula is C13H10BrClN2O3. The van der Waals surface area contributed by atoms with Gasteiger partial charge in [0.05, 0.1) is 17.8 Å². The molecule has 0 radical (unpaired) electrons. The Morgan fingerprint density at radius 1 is 1.45 bits per heavy atom. The van der Waals surface area contributed by atoms with E-state index in [2.05, 4.69) is 25.8 Å². The molecule has 20 heavy (non-hydrogen) atoms. The fourth-order valence-electron chi connectivity index (χ4n) is 1.60. The lowest BCUT2D eigenvalue weighted by Crippen LogP contribution is -2.24. The summed E-state index contributed by atoms with van der Waals surface area (Å²) in [5.74, 6) is -0.768. The standard InChI is InChI=1S/C13H10BrClN2O3/c1-7-6-17(8-3-4-9(14)10(15)5-8)16-11(12(7)18)13(19)20-2/h3-6H,1-2H3. The van der Waals surface area contributed by atoms with Crippen LogP contribution in [0.25, 0.3) is 5.69 Å². The van der Waals surface area contributed by atoms with E-state index in [0.717, 1.165) is 4.47 Å². The van der Waals surface area contributed by atoms with Crippen molar-refractivity contribution in [1.29, 1.82) is 0 Å². The van der Waals surface area contributed by atoms with Crippen LogP contribution in [-0.2, 0) is 4.74 Å². The van der Waals surface area contributed by atoms with Crippen molar-refractivity contribution in [2.45, 2.75) is 6.92 Å². The van der Waals surface area contributed by atoms with Crippen molar-refractivity contribution in [3.63, 3.8) is 0 Å². The maximum Gasteiger partial charge on any atom is 0.362 e. The van der Waals surface area contributed by atoms with E-state index in [1.54, 1.807) is 25.1 Å². The maximum atomic E-state index is 11.9. The van der Waals surface area contributed by atoms with E-state index in [4.69, 9.17) is 11.6 Å². The summed E-state index contributed by atoms with van der Waals surface area (Å²) in [5, 5.41) is 4.50. The number of methoxy groups -OCH3 is 1. The second-order valence-electron chi connectivity index (χ2n) is 4.02. The molecule has 0 saturated heterocycles. The Hall–Kier alpha value is -1.66. The number of hydrogen-bond acceptors (Lipinski definition) is 4. The van der Waals surface area contributed by atoms with Crippen LogP contribution in [-0.4, -0.2) is 22.9 Å². The molecule has 0 unspecified atom stereocenters. The van der Waals surface area contributed by atoms with E-state index >= 15 is 0 Å². The Bertz CT molecular complexity index is 743. The lowest BCUT2D eigenvalue weighted by molar-refractivity contribution is 0.0590. The van der Waals surface area contributed by atoms with E-state index < -0.39 is 11.4 Å². The molecule has 0 aliphatic rings. The largest absolute Gasteiger partial charge is 0.464 e. The second kappa shape index (κ2) is 5.76. The van der Waals surface area contributed by atoms with Crippen molar-refractivity contribution in [2.24, 2.45) is 0 Å². The number of rotatable bonds is 2. The number of nitrogens with zero attached hydrogens (tertiary/aromatic N) is 2. The molecule has 0 saturated carbocycles. The summed E-state index contributed by atoms with van der Waals surface area (Å²) in [6, 6.07) is 5.18. The van der Waals surface area contributed by atoms with Gasteiger partial charge in [-0.3, -0.25) is 4.79 Å². The number of carbonyl (C=O) groups excluding carboxylic acids is 1. The van der Waals surface area contributed by atoms with E-state index in [1.807, 2.05) is 0 Å². The molecule has 0 atom stereocenters. The van der Waals surface area contributed by atoms with Gasteiger partial charge in [-0.15, -0.1) is 0 Å². The third-order valence-electron chi connectivity index (χ3n) is 2.64. The lowest BCUT2D eigenvalue weighted by atomic mass is 10.2. The van der Waals surface area contributed by atoms with E-state index in [1.165, 1.54) is 18.0 Å². The van der Waals surface area contributed by atoms with Crippen molar-refractivity contribution >= 4 is 33.5 Å². The second-order valence-corrected chi connectivity index (χ2v) is 5.29. The zero-order valence-electron chi connectivity index (χ0n) is 10.7. The molecule has 0 aliphatic heterocycles. The van der Waals surface area contributed by atoms with Gasteiger partial charge in [0.2, 0.25) is 11.1 Å². The Kier molecular flexibility index (Phi) is 4.25. The van der Waals surface area contributed by atoms with Crippen molar-refractivity contribution in [3.8, 4) is 5.69 Å². The summed E-state index contributed by atoms with van der Waals surface area (Å²) in [4.78, 5) is 23.4. The van der Waals surface area contributed by atoms with Crippen LogP contribution in [0.1, 0.15) is 16.1 Å². The third-order valence-corrected chi connectivity index (χ3v) is 3.88. The normalized spacial score (nSPS) is 10.4. The summed E-state index contributed by atoms with van der Waals surface area (Å²) in [6.07, 6.45) is 1.54. The Labute approximate surface area is 128 Å². The third kappa shape index (κ3) is 2.76. The highest BCUT2D eigenvalue weighted by molar-refractivity contribution is 9.10. The Balaban J connectivity index is 2.63. The highest BCUT2D eigenvalue weighted by Crippen LogP contribution is 2.24.